The van der Waals surface area contributed by atoms with Crippen molar-refractivity contribution in [2.45, 2.75) is 19.1 Å². The fourth-order valence-corrected chi connectivity index (χ4v) is 0.206. The van der Waals surface area contributed by atoms with Crippen LogP contribution in [0.5, 0.6) is 0 Å². The second-order valence-corrected chi connectivity index (χ2v) is 2.28. The first-order valence-corrected chi connectivity index (χ1v) is 3.38. The number of aliphatic hydroxyl groups excluding tert-OH is 1. The van der Waals surface area contributed by atoms with Gasteiger partial charge in [-0.25, -0.2) is 9.59 Å². The molecule has 82 valence electrons. The van der Waals surface area contributed by atoms with Crippen molar-refractivity contribution in [3.05, 3.63) is 0 Å². The van der Waals surface area contributed by atoms with Crippen LogP contribution in [0.2, 0.25) is 0 Å². The Morgan fingerprint density at radius 1 is 1.29 bits per heavy atom. The van der Waals surface area contributed by atoms with Gasteiger partial charge in [0.15, 0.2) is 5.97 Å². The summed E-state index contributed by atoms with van der Waals surface area (Å²) >= 11 is 0. The Balaban J connectivity index is 0. The van der Waals surface area contributed by atoms with Crippen molar-refractivity contribution < 1.29 is 40.5 Å². The number of carbonyl (C=O) groups is 3. The molecule has 14 heavy (non-hydrogen) atoms. The van der Waals surface area contributed by atoms with E-state index in [-0.39, 0.29) is 0 Å². The van der Waals surface area contributed by atoms with Crippen molar-refractivity contribution in [2.24, 2.45) is 0 Å². The molecule has 0 fully saturated rings. The number of carboxylic acids is 3. The van der Waals surface area contributed by atoms with Crippen LogP contribution in [-0.2, 0) is 14.4 Å². The summed E-state index contributed by atoms with van der Waals surface area (Å²) in [6.45, 7) is 1.39. The van der Waals surface area contributed by atoms with E-state index in [2.05, 4.69) is 5.73 Å². The number of carboxylic acid groups (broad SMARTS) is 3. The number of hydrogen-bond acceptors (Lipinski definition) is 5. The summed E-state index contributed by atoms with van der Waals surface area (Å²) in [6.07, 6.45) is -0.868. The maximum Gasteiger partial charge on any atom is 0.365 e. The van der Waals surface area contributed by atoms with Crippen LogP contribution >= 0.6 is 0 Å². The van der Waals surface area contributed by atoms with Crippen LogP contribution in [0, 0.1) is 0 Å². The predicted molar refractivity (Wildman–Crippen MR) is 38.6 cm³/mol. The highest BCUT2D eigenvalue weighted by molar-refractivity contribution is 6.26. The zero-order chi connectivity index (χ0) is 11.9. The van der Waals surface area contributed by atoms with E-state index < -0.39 is 30.1 Å². The molecule has 0 spiro atoms. The number of aliphatic carboxylic acids is 3. The molecule has 0 amide bonds. The Labute approximate surface area is 78.6 Å². The summed E-state index contributed by atoms with van der Waals surface area (Å²) in [7, 11) is 0. The van der Waals surface area contributed by atoms with Gasteiger partial charge in [0, 0.05) is 0 Å². The molecule has 8 heteroatoms. The fraction of sp³-hybridized carbons (Fsp3) is 0.500. The maximum absolute atomic E-state index is 9.92. The first-order valence-electron chi connectivity index (χ1n) is 3.38. The van der Waals surface area contributed by atoms with E-state index in [4.69, 9.17) is 30.0 Å². The van der Waals surface area contributed by atoms with Crippen LogP contribution in [0.15, 0.2) is 0 Å². The molecule has 0 aromatic rings. The smallest absolute Gasteiger partial charge is 0.365 e. The standard InChI is InChI=1S/C4H9NO3.C2H2O4/c1-2(6)3(5)4(7)8;3-1(4)2(5)6/h2-3,6H,5H2,1H3,(H,7,8);(H,3,4)(H,5,6)/t2-,3+;/m0./s1. The van der Waals surface area contributed by atoms with E-state index >= 15 is 0 Å². The molecule has 0 bridgehead atoms. The van der Waals surface area contributed by atoms with Crippen LogP contribution in [0.25, 0.3) is 0 Å². The third kappa shape index (κ3) is 8.43. The molecule has 0 radical (unpaired) electrons. The minimum absolute atomic E-state index is 0.868. The van der Waals surface area contributed by atoms with Gasteiger partial charge >= 0.3 is 11.9 Å². The van der Waals surface area contributed by atoms with Crippen molar-refractivity contribution in [2.75, 3.05) is 0 Å². The van der Waals surface area contributed by atoms with E-state index in [0.29, 0.717) is 0 Å². The Morgan fingerprint density at radius 2 is 1.57 bits per heavy atom. The second kappa shape index (κ2) is 6.80. The van der Waals surface area contributed by atoms with E-state index in [1.807, 2.05) is 0 Å². The Bertz CT molecular complexity index is 212. The first kappa shape index (κ1) is 14.8. The van der Waals surface area contributed by atoms with E-state index in [1.165, 1.54) is 6.92 Å². The summed E-state index contributed by atoms with van der Waals surface area (Å²) in [6, 6.07) is -0.907. The molecule has 2 atom stereocenters. The van der Waals surface area contributed by atoms with E-state index in [0.717, 1.165) is 0 Å². The molecule has 0 heterocycles. The summed E-state index contributed by atoms with van der Waals surface area (Å²) in [4.78, 5) is 27.9. The lowest BCUT2D eigenvalue weighted by Crippen LogP contribution is -2.69. The Kier molecular flexibility index (Phi) is 7.21. The van der Waals surface area contributed by atoms with Gasteiger partial charge in [-0.15, -0.1) is 0 Å². The van der Waals surface area contributed by atoms with Gasteiger partial charge in [-0.05, 0) is 6.92 Å². The molecule has 0 aliphatic carbocycles. The molecule has 0 aliphatic rings. The minimum Gasteiger partial charge on any atom is -0.539 e. The molecule has 0 rings (SSSR count). The highest BCUT2D eigenvalue weighted by Gasteiger charge is 2.20. The minimum atomic E-state index is -2.07. The summed E-state index contributed by atoms with van der Waals surface area (Å²) in [5.74, 6) is -5.08. The lowest BCUT2D eigenvalue weighted by Gasteiger charge is -2.03. The van der Waals surface area contributed by atoms with Crippen LogP contribution in [0.4, 0.5) is 0 Å². The number of aliphatic hydroxyl groups is 1. The van der Waals surface area contributed by atoms with Crippen LogP contribution in [0.1, 0.15) is 6.92 Å². The van der Waals surface area contributed by atoms with Gasteiger partial charge in [-0.1, -0.05) is 0 Å². The molecule has 0 aromatic carbocycles. The zero-order valence-electron chi connectivity index (χ0n) is 7.34. The lowest BCUT2D eigenvalue weighted by molar-refractivity contribution is -0.423. The van der Waals surface area contributed by atoms with Crippen molar-refractivity contribution >= 4 is 17.9 Å². The third-order valence-electron chi connectivity index (χ3n) is 1.07. The lowest BCUT2D eigenvalue weighted by atomic mass is 10.2. The van der Waals surface area contributed by atoms with Crippen molar-refractivity contribution in [3.63, 3.8) is 0 Å². The number of rotatable bonds is 2. The molecule has 8 nitrogen and oxygen atoms in total. The topological polar surface area (TPSA) is 163 Å². The van der Waals surface area contributed by atoms with Gasteiger partial charge < -0.3 is 31.0 Å². The SMILES string of the molecule is C[C@H](O)[C@@H]([NH3+])C(=O)O.O=C([O-])C(=O)O. The van der Waals surface area contributed by atoms with Crippen molar-refractivity contribution in [1.82, 2.24) is 0 Å². The predicted octanol–water partition coefficient (Wildman–Crippen LogP) is -4.12. The number of carbonyl (C=O) groups excluding carboxylic acids is 1. The maximum atomic E-state index is 9.92. The molecule has 0 saturated carbocycles. The molecule has 0 saturated heterocycles. The van der Waals surface area contributed by atoms with Gasteiger partial charge in [0.1, 0.15) is 6.10 Å². The average Bonchev–Trinajstić information content (AvgIpc) is 2.03. The molecule has 6 N–H and O–H groups in total. The van der Waals surface area contributed by atoms with Crippen LogP contribution in [-0.4, -0.2) is 45.4 Å². The highest BCUT2D eigenvalue weighted by Crippen LogP contribution is 1.83. The van der Waals surface area contributed by atoms with E-state index in [1.54, 1.807) is 0 Å². The summed E-state index contributed by atoms with van der Waals surface area (Å²) in [5.41, 5.74) is 3.19. The van der Waals surface area contributed by atoms with Crippen LogP contribution < -0.4 is 10.8 Å². The van der Waals surface area contributed by atoms with Gasteiger partial charge in [0.2, 0.25) is 6.04 Å². The van der Waals surface area contributed by atoms with Gasteiger partial charge in [-0.2, -0.15) is 0 Å². The molecule has 0 unspecified atom stereocenters. The van der Waals surface area contributed by atoms with Gasteiger partial charge in [-0.3, -0.25) is 0 Å². The van der Waals surface area contributed by atoms with Crippen LogP contribution in [0.3, 0.4) is 0 Å². The average molecular weight is 209 g/mol. The van der Waals surface area contributed by atoms with Gasteiger partial charge in [0.25, 0.3) is 0 Å². The summed E-state index contributed by atoms with van der Waals surface area (Å²) in [5, 5.41) is 33.0. The number of hydrogen-bond donors (Lipinski definition) is 4. The van der Waals surface area contributed by atoms with Gasteiger partial charge in [0.05, 0.1) is 0 Å². The second-order valence-electron chi connectivity index (χ2n) is 2.28. The Hall–Kier alpha value is -1.67. The zero-order valence-corrected chi connectivity index (χ0v) is 7.34. The largest absolute Gasteiger partial charge is 0.539 e. The first-order chi connectivity index (χ1) is 6.20. The monoisotopic (exact) mass is 209 g/mol. The molecular formula is C6H11NO7. The van der Waals surface area contributed by atoms with E-state index in [9.17, 15) is 4.79 Å². The molecular weight excluding hydrogens is 198 g/mol. The molecule has 0 aliphatic heterocycles. The normalized spacial score (nSPS) is 13.1. The quantitative estimate of drug-likeness (QED) is 0.335. The Morgan fingerprint density at radius 3 is 1.57 bits per heavy atom. The highest BCUT2D eigenvalue weighted by atomic mass is 16.4. The van der Waals surface area contributed by atoms with Crippen molar-refractivity contribution in [1.29, 1.82) is 0 Å². The fourth-order valence-electron chi connectivity index (χ4n) is 0.206. The van der Waals surface area contributed by atoms with Crippen molar-refractivity contribution in [3.8, 4) is 0 Å². The summed E-state index contributed by atoms with van der Waals surface area (Å²) < 4.78 is 0. The number of quaternary nitrogens is 1. The third-order valence-corrected chi connectivity index (χ3v) is 1.07. The molecule has 0 aromatic heterocycles.